The van der Waals surface area contributed by atoms with E-state index in [-0.39, 0.29) is 36.4 Å². The van der Waals surface area contributed by atoms with Crippen LogP contribution in [0.1, 0.15) is 96.1 Å². The number of Topliss-reactive ketones (excluding diaryl/α,β-unsaturated/α-hetero) is 2. The number of hydrogen-bond donors (Lipinski definition) is 0. The summed E-state index contributed by atoms with van der Waals surface area (Å²) < 4.78 is 0. The third-order valence-corrected chi connectivity index (χ3v) is 8.18. The fourth-order valence-electron chi connectivity index (χ4n) is 6.14. The summed E-state index contributed by atoms with van der Waals surface area (Å²) in [6, 6.07) is 12.4. The van der Waals surface area contributed by atoms with Crippen molar-refractivity contribution in [3.63, 3.8) is 0 Å². The number of hydrogen-bond acceptors (Lipinski definition) is 4. The summed E-state index contributed by atoms with van der Waals surface area (Å²) in [7, 11) is 0. The number of nitrogens with zero attached hydrogens (tertiary/aromatic N) is 2. The van der Waals surface area contributed by atoms with Crippen LogP contribution in [0.15, 0.2) is 36.4 Å². The highest BCUT2D eigenvalue weighted by atomic mass is 35.5. The van der Waals surface area contributed by atoms with Crippen LogP contribution in [0.2, 0.25) is 0 Å². The lowest BCUT2D eigenvalue weighted by atomic mass is 9.98. The number of fused-ring (bicyclic) bond motifs is 3. The zero-order valence-corrected chi connectivity index (χ0v) is 23.6. The molecule has 2 fully saturated rings. The van der Waals surface area contributed by atoms with Gasteiger partial charge in [-0.15, -0.1) is 24.8 Å². The van der Waals surface area contributed by atoms with Crippen LogP contribution in [-0.4, -0.2) is 60.6 Å². The Bertz CT molecular complexity index is 976. The van der Waals surface area contributed by atoms with Crippen molar-refractivity contribution in [2.24, 2.45) is 0 Å². The maximum Gasteiger partial charge on any atom is 0.162 e. The molecule has 202 valence electrons. The van der Waals surface area contributed by atoms with Gasteiger partial charge in [0.25, 0.3) is 0 Å². The van der Waals surface area contributed by atoms with Gasteiger partial charge in [0.05, 0.1) is 0 Å². The number of carbonyl (C=O) groups is 2. The van der Waals surface area contributed by atoms with Gasteiger partial charge in [-0.1, -0.05) is 37.1 Å². The second kappa shape index (κ2) is 14.4. The van der Waals surface area contributed by atoms with Gasteiger partial charge in [0.15, 0.2) is 11.6 Å². The van der Waals surface area contributed by atoms with Gasteiger partial charge in [-0.2, -0.15) is 0 Å². The van der Waals surface area contributed by atoms with Gasteiger partial charge in [-0.25, -0.2) is 0 Å². The number of halogens is 2. The summed E-state index contributed by atoms with van der Waals surface area (Å²) in [5.74, 6) is 0.510. The fraction of sp³-hybridized carbons (Fsp3) is 0.548. The van der Waals surface area contributed by atoms with E-state index in [0.29, 0.717) is 12.8 Å². The molecular weight excluding hydrogens is 503 g/mol. The van der Waals surface area contributed by atoms with Gasteiger partial charge in [-0.3, -0.25) is 9.59 Å². The van der Waals surface area contributed by atoms with Crippen LogP contribution in [0, 0.1) is 0 Å². The predicted molar refractivity (Wildman–Crippen MR) is 157 cm³/mol. The van der Waals surface area contributed by atoms with Crippen molar-refractivity contribution < 1.29 is 9.59 Å². The van der Waals surface area contributed by atoms with Crippen molar-refractivity contribution in [1.82, 2.24) is 9.80 Å². The van der Waals surface area contributed by atoms with Gasteiger partial charge in [0, 0.05) is 24.0 Å². The lowest BCUT2D eigenvalue weighted by molar-refractivity contribution is 0.0965. The molecule has 1 aliphatic carbocycles. The molecule has 0 unspecified atom stereocenters. The number of rotatable bonds is 10. The predicted octanol–water partition coefficient (Wildman–Crippen LogP) is 7.00. The third kappa shape index (κ3) is 7.66. The summed E-state index contributed by atoms with van der Waals surface area (Å²) >= 11 is 0. The molecule has 0 atom stereocenters. The molecule has 0 radical (unpaired) electrons. The lowest BCUT2D eigenvalue weighted by Gasteiger charge is -2.26. The molecule has 0 amide bonds. The molecule has 4 nitrogen and oxygen atoms in total. The number of carbonyl (C=O) groups excluding carboxylic acids is 2. The van der Waals surface area contributed by atoms with E-state index in [2.05, 4.69) is 34.1 Å². The SMILES string of the molecule is Cl.Cl.O=C(CCCN1CCCCC1)c1ccc2c(c1)Cc1cc(C(=O)CCCN3CCCCC3)ccc1-2. The quantitative estimate of drug-likeness (QED) is 0.257. The maximum absolute atomic E-state index is 12.9. The second-order valence-electron chi connectivity index (χ2n) is 10.8. The highest BCUT2D eigenvalue weighted by Crippen LogP contribution is 2.38. The van der Waals surface area contributed by atoms with Crippen LogP contribution in [0.5, 0.6) is 0 Å². The highest BCUT2D eigenvalue weighted by Gasteiger charge is 2.22. The maximum atomic E-state index is 12.9. The average Bonchev–Trinajstić information content (AvgIpc) is 3.27. The van der Waals surface area contributed by atoms with Crippen molar-refractivity contribution in [2.45, 2.75) is 70.6 Å². The molecule has 2 aromatic rings. The molecule has 3 aliphatic rings. The smallest absolute Gasteiger partial charge is 0.162 e. The first kappa shape index (κ1) is 29.8. The number of ketones is 2. The number of benzene rings is 2. The Hall–Kier alpha value is -1.72. The Morgan fingerprint density at radius 2 is 1.00 bits per heavy atom. The van der Waals surface area contributed by atoms with E-state index in [1.165, 1.54) is 87.0 Å². The Morgan fingerprint density at radius 1 is 0.595 bits per heavy atom. The Balaban J connectivity index is 0.00000190. The standard InChI is InChI=1S/C31H40N2O2.2ClH/c34-30(9-7-19-32-15-3-1-4-16-32)24-11-13-28-26(21-24)23-27-22-25(12-14-29(27)28)31(35)10-8-20-33-17-5-2-6-18-33;;/h11-14,21-22H,1-10,15-20,23H2;2*1H. The molecule has 5 rings (SSSR count). The topological polar surface area (TPSA) is 40.6 Å². The van der Waals surface area contributed by atoms with E-state index in [4.69, 9.17) is 0 Å². The summed E-state index contributed by atoms with van der Waals surface area (Å²) in [6.07, 6.45) is 11.8. The molecule has 6 heteroatoms. The normalized spacial score (nSPS) is 17.3. The Kier molecular flexibility index (Phi) is 11.6. The summed E-state index contributed by atoms with van der Waals surface area (Å²) in [6.45, 7) is 6.83. The first-order valence-corrected chi connectivity index (χ1v) is 13.9. The van der Waals surface area contributed by atoms with Crippen LogP contribution >= 0.6 is 24.8 Å². The molecule has 0 N–H and O–H groups in total. The molecule has 0 spiro atoms. The molecule has 2 heterocycles. The minimum Gasteiger partial charge on any atom is -0.303 e. The summed E-state index contributed by atoms with van der Waals surface area (Å²) in [5.41, 5.74) is 6.55. The van der Waals surface area contributed by atoms with Crippen LogP contribution in [0.3, 0.4) is 0 Å². The van der Waals surface area contributed by atoms with Crippen molar-refractivity contribution in [3.8, 4) is 11.1 Å². The molecular formula is C31H42Cl2N2O2. The monoisotopic (exact) mass is 544 g/mol. The molecule has 0 bridgehead atoms. The van der Waals surface area contributed by atoms with Gasteiger partial charge in [0.2, 0.25) is 0 Å². The van der Waals surface area contributed by atoms with Gasteiger partial charge in [0.1, 0.15) is 0 Å². The first-order chi connectivity index (χ1) is 17.2. The van der Waals surface area contributed by atoms with Crippen LogP contribution in [0.4, 0.5) is 0 Å². The third-order valence-electron chi connectivity index (χ3n) is 8.18. The van der Waals surface area contributed by atoms with E-state index in [0.717, 1.165) is 43.5 Å². The molecule has 0 aromatic heterocycles. The van der Waals surface area contributed by atoms with Crippen molar-refractivity contribution in [3.05, 3.63) is 58.7 Å². The van der Waals surface area contributed by atoms with E-state index in [1.54, 1.807) is 0 Å². The number of likely N-dealkylation sites (tertiary alicyclic amines) is 2. The fourth-order valence-corrected chi connectivity index (χ4v) is 6.14. The molecule has 2 saturated heterocycles. The van der Waals surface area contributed by atoms with Gasteiger partial charge in [-0.05, 0) is 119 Å². The Morgan fingerprint density at radius 3 is 1.41 bits per heavy atom. The Labute approximate surface area is 235 Å². The van der Waals surface area contributed by atoms with Gasteiger partial charge < -0.3 is 9.80 Å². The molecule has 2 aliphatic heterocycles. The van der Waals surface area contributed by atoms with Crippen molar-refractivity contribution in [1.29, 1.82) is 0 Å². The largest absolute Gasteiger partial charge is 0.303 e. The van der Waals surface area contributed by atoms with Crippen LogP contribution in [-0.2, 0) is 6.42 Å². The van der Waals surface area contributed by atoms with Crippen molar-refractivity contribution in [2.75, 3.05) is 39.3 Å². The molecule has 0 saturated carbocycles. The van der Waals surface area contributed by atoms with Crippen LogP contribution in [0.25, 0.3) is 11.1 Å². The highest BCUT2D eigenvalue weighted by molar-refractivity contribution is 5.99. The zero-order chi connectivity index (χ0) is 24.0. The minimum atomic E-state index is 0. The van der Waals surface area contributed by atoms with E-state index < -0.39 is 0 Å². The van der Waals surface area contributed by atoms with Gasteiger partial charge >= 0.3 is 0 Å². The summed E-state index contributed by atoms with van der Waals surface area (Å²) in [4.78, 5) is 30.7. The average molecular weight is 546 g/mol. The minimum absolute atomic E-state index is 0. The van der Waals surface area contributed by atoms with E-state index in [1.807, 2.05) is 12.1 Å². The molecule has 2 aromatic carbocycles. The van der Waals surface area contributed by atoms with E-state index in [9.17, 15) is 9.59 Å². The van der Waals surface area contributed by atoms with Crippen LogP contribution < -0.4 is 0 Å². The lowest BCUT2D eigenvalue weighted by Crippen LogP contribution is -2.30. The molecule has 37 heavy (non-hydrogen) atoms. The first-order valence-electron chi connectivity index (χ1n) is 13.9. The number of piperidine rings is 2. The zero-order valence-electron chi connectivity index (χ0n) is 22.0. The van der Waals surface area contributed by atoms with E-state index >= 15 is 0 Å². The summed E-state index contributed by atoms with van der Waals surface area (Å²) in [5, 5.41) is 0. The van der Waals surface area contributed by atoms with Crippen molar-refractivity contribution >= 4 is 36.4 Å². The second-order valence-corrected chi connectivity index (χ2v) is 10.8.